The molecule has 2 N–H and O–H groups in total. The van der Waals surface area contributed by atoms with Crippen LogP contribution in [-0.2, 0) is 6.42 Å². The number of aryl methyl sites for hydroxylation is 1. The van der Waals surface area contributed by atoms with E-state index in [2.05, 4.69) is 38.1 Å². The summed E-state index contributed by atoms with van der Waals surface area (Å²) in [5.41, 5.74) is 7.62. The van der Waals surface area contributed by atoms with Gasteiger partial charge in [0.1, 0.15) is 11.9 Å². The average Bonchev–Trinajstić information content (AvgIpc) is 2.45. The number of hydrogen-bond acceptors (Lipinski definition) is 2. The fourth-order valence-corrected chi connectivity index (χ4v) is 3.24. The Kier molecular flexibility index (Phi) is 5.90. The quantitative estimate of drug-likeness (QED) is 0.839. The van der Waals surface area contributed by atoms with Crippen molar-refractivity contribution < 1.29 is 4.74 Å². The van der Waals surface area contributed by atoms with Gasteiger partial charge in [-0.25, -0.2) is 0 Å². The Labute approximate surface area is 123 Å². The summed E-state index contributed by atoms with van der Waals surface area (Å²) in [5, 5.41) is 0. The lowest BCUT2D eigenvalue weighted by Crippen LogP contribution is -2.43. The molecule has 1 saturated carbocycles. The maximum atomic E-state index is 6.24. The second-order valence-corrected chi connectivity index (χ2v) is 6.18. The molecule has 3 atom stereocenters. The van der Waals surface area contributed by atoms with Gasteiger partial charge in [-0.2, -0.15) is 0 Å². The highest BCUT2D eigenvalue weighted by Gasteiger charge is 2.29. The van der Waals surface area contributed by atoms with Crippen LogP contribution in [0.2, 0.25) is 0 Å². The number of ether oxygens (including phenoxy) is 1. The summed E-state index contributed by atoms with van der Waals surface area (Å²) in [6.07, 6.45) is 8.57. The van der Waals surface area contributed by atoms with Crippen molar-refractivity contribution >= 4 is 0 Å². The van der Waals surface area contributed by atoms with Crippen molar-refractivity contribution in [2.75, 3.05) is 0 Å². The monoisotopic (exact) mass is 275 g/mol. The summed E-state index contributed by atoms with van der Waals surface area (Å²) in [7, 11) is 0. The molecular weight excluding hydrogens is 246 g/mol. The van der Waals surface area contributed by atoms with Crippen LogP contribution in [0.15, 0.2) is 24.3 Å². The third-order valence-corrected chi connectivity index (χ3v) is 4.40. The molecule has 1 aromatic rings. The molecular formula is C18H29NO. The Hall–Kier alpha value is -1.02. The first-order valence-corrected chi connectivity index (χ1v) is 8.24. The molecule has 2 nitrogen and oxygen atoms in total. The smallest absolute Gasteiger partial charge is 0.119 e. The highest BCUT2D eigenvalue weighted by Crippen LogP contribution is 2.30. The van der Waals surface area contributed by atoms with Crippen molar-refractivity contribution in [3.8, 4) is 5.75 Å². The minimum absolute atomic E-state index is 0.192. The molecule has 0 aromatic heterocycles. The Morgan fingerprint density at radius 3 is 2.50 bits per heavy atom. The van der Waals surface area contributed by atoms with E-state index in [0.29, 0.717) is 0 Å². The van der Waals surface area contributed by atoms with Crippen LogP contribution in [0, 0.1) is 5.92 Å². The van der Waals surface area contributed by atoms with Gasteiger partial charge in [0.2, 0.25) is 0 Å². The molecule has 0 amide bonds. The predicted molar refractivity (Wildman–Crippen MR) is 85.1 cm³/mol. The van der Waals surface area contributed by atoms with Gasteiger partial charge in [-0.05, 0) is 49.3 Å². The van der Waals surface area contributed by atoms with Gasteiger partial charge in [-0.1, -0.05) is 45.2 Å². The summed E-state index contributed by atoms with van der Waals surface area (Å²) in [4.78, 5) is 0. The van der Waals surface area contributed by atoms with E-state index in [9.17, 15) is 0 Å². The first-order valence-electron chi connectivity index (χ1n) is 8.24. The van der Waals surface area contributed by atoms with Crippen LogP contribution in [0.1, 0.15) is 57.9 Å². The van der Waals surface area contributed by atoms with Crippen molar-refractivity contribution in [1.82, 2.24) is 0 Å². The van der Waals surface area contributed by atoms with E-state index >= 15 is 0 Å². The first-order chi connectivity index (χ1) is 9.72. The second kappa shape index (κ2) is 7.68. The third-order valence-electron chi connectivity index (χ3n) is 4.40. The number of hydrogen-bond donors (Lipinski definition) is 1. The van der Waals surface area contributed by atoms with E-state index in [1.807, 2.05) is 0 Å². The summed E-state index contributed by atoms with van der Waals surface area (Å²) in [6, 6.07) is 8.74. The van der Waals surface area contributed by atoms with Gasteiger partial charge in [-0.15, -0.1) is 0 Å². The van der Waals surface area contributed by atoms with Crippen molar-refractivity contribution in [1.29, 1.82) is 0 Å². The van der Waals surface area contributed by atoms with E-state index in [1.54, 1.807) is 0 Å². The fourth-order valence-electron chi connectivity index (χ4n) is 3.24. The van der Waals surface area contributed by atoms with Gasteiger partial charge in [0.25, 0.3) is 0 Å². The number of nitrogens with two attached hydrogens (primary N) is 1. The molecule has 1 aliphatic carbocycles. The highest BCUT2D eigenvalue weighted by molar-refractivity contribution is 5.27. The molecule has 0 spiro atoms. The average molecular weight is 275 g/mol. The summed E-state index contributed by atoms with van der Waals surface area (Å²) < 4.78 is 6.15. The van der Waals surface area contributed by atoms with Crippen LogP contribution >= 0.6 is 0 Å². The Morgan fingerprint density at radius 1 is 1.10 bits per heavy atom. The maximum Gasteiger partial charge on any atom is 0.119 e. The molecule has 0 bridgehead atoms. The Morgan fingerprint density at radius 2 is 1.85 bits per heavy atom. The van der Waals surface area contributed by atoms with Crippen molar-refractivity contribution in [2.24, 2.45) is 11.7 Å². The number of benzene rings is 1. The molecule has 0 saturated heterocycles. The molecule has 112 valence electrons. The van der Waals surface area contributed by atoms with Crippen LogP contribution in [-0.4, -0.2) is 12.1 Å². The number of rotatable bonds is 6. The normalized spacial score (nSPS) is 26.4. The lowest BCUT2D eigenvalue weighted by atomic mass is 9.82. The van der Waals surface area contributed by atoms with Crippen molar-refractivity contribution in [2.45, 2.75) is 70.9 Å². The topological polar surface area (TPSA) is 35.2 Å². The molecule has 0 heterocycles. The van der Waals surface area contributed by atoms with Crippen molar-refractivity contribution in [3.05, 3.63) is 29.8 Å². The molecule has 1 aromatic carbocycles. The SMILES string of the molecule is CCCc1ccc(OC2CC(CCC)CCC2N)cc1. The lowest BCUT2D eigenvalue weighted by Gasteiger charge is -2.34. The van der Waals surface area contributed by atoms with Crippen molar-refractivity contribution in [3.63, 3.8) is 0 Å². The van der Waals surface area contributed by atoms with Gasteiger partial charge >= 0.3 is 0 Å². The molecule has 1 aliphatic rings. The standard InChI is InChI=1S/C18H29NO/c1-3-5-14-7-10-16(11-8-14)20-18-13-15(6-4-2)9-12-17(18)19/h7-8,10-11,15,17-18H,3-6,9,12-13,19H2,1-2H3. The van der Waals surface area contributed by atoms with E-state index in [4.69, 9.17) is 10.5 Å². The minimum Gasteiger partial charge on any atom is -0.489 e. The molecule has 2 rings (SSSR count). The highest BCUT2D eigenvalue weighted by atomic mass is 16.5. The minimum atomic E-state index is 0.192. The summed E-state index contributed by atoms with van der Waals surface area (Å²) >= 11 is 0. The largest absolute Gasteiger partial charge is 0.489 e. The van der Waals surface area contributed by atoms with Crippen LogP contribution in [0.25, 0.3) is 0 Å². The van der Waals surface area contributed by atoms with Gasteiger partial charge in [0.05, 0.1) is 0 Å². The van der Waals surface area contributed by atoms with E-state index in [1.165, 1.54) is 31.2 Å². The predicted octanol–water partition coefficient (Wildman–Crippen LogP) is 4.31. The lowest BCUT2D eigenvalue weighted by molar-refractivity contribution is 0.0993. The van der Waals surface area contributed by atoms with Crippen LogP contribution < -0.4 is 10.5 Å². The van der Waals surface area contributed by atoms with E-state index < -0.39 is 0 Å². The van der Waals surface area contributed by atoms with E-state index in [-0.39, 0.29) is 12.1 Å². The van der Waals surface area contributed by atoms with Crippen LogP contribution in [0.4, 0.5) is 0 Å². The third kappa shape index (κ3) is 4.24. The zero-order valence-electron chi connectivity index (χ0n) is 13.0. The van der Waals surface area contributed by atoms with Crippen LogP contribution in [0.3, 0.4) is 0 Å². The molecule has 1 fully saturated rings. The van der Waals surface area contributed by atoms with Gasteiger partial charge < -0.3 is 10.5 Å². The maximum absolute atomic E-state index is 6.24. The molecule has 3 unspecified atom stereocenters. The molecule has 20 heavy (non-hydrogen) atoms. The first kappa shape index (κ1) is 15.4. The molecule has 2 heteroatoms. The molecule has 0 radical (unpaired) electrons. The Bertz CT molecular complexity index is 387. The fraction of sp³-hybridized carbons (Fsp3) is 0.667. The van der Waals surface area contributed by atoms with Crippen LogP contribution in [0.5, 0.6) is 5.75 Å². The second-order valence-electron chi connectivity index (χ2n) is 6.18. The van der Waals surface area contributed by atoms with Gasteiger partial charge in [0, 0.05) is 6.04 Å². The summed E-state index contributed by atoms with van der Waals surface area (Å²) in [6.45, 7) is 4.47. The van der Waals surface area contributed by atoms with E-state index in [0.717, 1.165) is 30.9 Å². The van der Waals surface area contributed by atoms with Gasteiger partial charge in [-0.3, -0.25) is 0 Å². The molecule has 0 aliphatic heterocycles. The van der Waals surface area contributed by atoms with Gasteiger partial charge in [0.15, 0.2) is 0 Å². The summed E-state index contributed by atoms with van der Waals surface area (Å²) in [5.74, 6) is 1.77. The zero-order valence-corrected chi connectivity index (χ0v) is 13.0. The Balaban J connectivity index is 1.93. The zero-order chi connectivity index (χ0) is 14.4.